The highest BCUT2D eigenvalue weighted by Crippen LogP contribution is 2.43. The largest absolute Gasteiger partial charge is 0.493 e. The predicted molar refractivity (Wildman–Crippen MR) is 326 cm³/mol. The first-order chi connectivity index (χ1) is 39.8. The van der Waals surface area contributed by atoms with Crippen LogP contribution in [0, 0.1) is 6.92 Å². The van der Waals surface area contributed by atoms with Crippen molar-refractivity contribution >= 4 is 108 Å². The van der Waals surface area contributed by atoms with Gasteiger partial charge in [-0.25, -0.2) is 0 Å². The number of imide groups is 1. The van der Waals surface area contributed by atoms with Crippen molar-refractivity contribution < 1.29 is 55.6 Å². The molecule has 0 bridgehead atoms. The molecule has 1 fully saturated rings. The quantitative estimate of drug-likeness (QED) is 0.0264. The summed E-state index contributed by atoms with van der Waals surface area (Å²) in [6, 6.07) is 28.8. The van der Waals surface area contributed by atoms with Gasteiger partial charge >= 0.3 is 0 Å². The van der Waals surface area contributed by atoms with E-state index in [9.17, 15) is 37.2 Å². The fourth-order valence-corrected chi connectivity index (χ4v) is 16.0. The monoisotopic (exact) mass is 1200 g/mol. The molecular weight excluding hydrogens is 1130 g/mol. The Morgan fingerprint density at radius 3 is 2.18 bits per heavy atom. The summed E-state index contributed by atoms with van der Waals surface area (Å²) < 4.78 is 49.1. The second kappa shape index (κ2) is 25.3. The lowest BCUT2D eigenvalue weighted by Gasteiger charge is -2.23. The van der Waals surface area contributed by atoms with Crippen LogP contribution in [-0.2, 0) is 66.0 Å². The molecule has 21 heteroatoms. The number of aliphatic imine (C=N–C) groups is 1. The number of aryl methyl sites for hydroxylation is 2. The fourth-order valence-electron chi connectivity index (χ4n) is 11.5. The number of amides is 5. The zero-order valence-electron chi connectivity index (χ0n) is 47.3. The van der Waals surface area contributed by atoms with Crippen LogP contribution >= 0.6 is 33.3 Å². The van der Waals surface area contributed by atoms with E-state index < -0.39 is 31.1 Å². The molecule has 436 valence electrons. The van der Waals surface area contributed by atoms with Crippen molar-refractivity contribution in [2.45, 2.75) is 126 Å². The smallest absolute Gasteiger partial charge is 0.277 e. The maximum atomic E-state index is 14.2. The van der Waals surface area contributed by atoms with Gasteiger partial charge < -0.3 is 24.4 Å². The van der Waals surface area contributed by atoms with Crippen LogP contribution in [0.25, 0.3) is 0 Å². The molecule has 5 aliphatic heterocycles. The Morgan fingerprint density at radius 2 is 1.48 bits per heavy atom. The normalized spacial score (nSPS) is 18.4. The summed E-state index contributed by atoms with van der Waals surface area (Å²) in [7, 11) is 1.24. The van der Waals surface area contributed by atoms with E-state index in [-0.39, 0.29) is 93.5 Å². The number of hydrogen-bond acceptors (Lipinski definition) is 16. The molecule has 10 rings (SSSR count). The summed E-state index contributed by atoms with van der Waals surface area (Å²) in [6.45, 7) is 6.10. The Bertz CT molecular complexity index is 3540. The van der Waals surface area contributed by atoms with Gasteiger partial charge in [0.2, 0.25) is 17.7 Å². The number of hydrogen-bond donors (Lipinski definition) is 1. The molecule has 0 aromatic heterocycles. The highest BCUT2D eigenvalue weighted by atomic mass is 33.1. The third-order valence-electron chi connectivity index (χ3n) is 15.9. The summed E-state index contributed by atoms with van der Waals surface area (Å²) in [5.74, 6) is 0.182. The van der Waals surface area contributed by atoms with Gasteiger partial charge in [-0.15, -0.1) is 0 Å². The van der Waals surface area contributed by atoms with E-state index in [0.29, 0.717) is 64.8 Å². The van der Waals surface area contributed by atoms with Crippen LogP contribution in [0.2, 0.25) is 0 Å². The molecule has 17 nitrogen and oxygen atoms in total. The van der Waals surface area contributed by atoms with E-state index in [4.69, 9.17) is 23.4 Å². The van der Waals surface area contributed by atoms with Crippen molar-refractivity contribution in [1.82, 2.24) is 4.90 Å². The van der Waals surface area contributed by atoms with Gasteiger partial charge in [0.05, 0.1) is 36.8 Å². The average molecular weight is 1200 g/mol. The molecule has 2 unspecified atom stereocenters. The topological polar surface area (TPSA) is 208 Å². The molecule has 0 radical (unpaired) electrons. The lowest BCUT2D eigenvalue weighted by molar-refractivity contribution is -0.138. The van der Waals surface area contributed by atoms with Crippen LogP contribution < -0.4 is 29.3 Å². The minimum atomic E-state index is -4.22. The number of para-hydroxylation sites is 2. The number of Topliss-reactive ketones (excluding diaryl/α,β-unsaturated/α-hetero) is 1. The third kappa shape index (κ3) is 13.0. The Hall–Kier alpha value is -6.65. The molecule has 5 heterocycles. The van der Waals surface area contributed by atoms with Crippen molar-refractivity contribution in [3.8, 4) is 17.2 Å². The molecule has 1 saturated heterocycles. The van der Waals surface area contributed by atoms with E-state index in [1.54, 1.807) is 25.5 Å². The minimum Gasteiger partial charge on any atom is -0.493 e. The number of nitrogens with zero attached hydrogens (tertiary/aromatic N) is 4. The fraction of sp³-hybridized carbons (Fsp3) is 0.403. The van der Waals surface area contributed by atoms with Gasteiger partial charge in [-0.2, -0.15) is 20.2 Å². The molecule has 4 atom stereocenters. The van der Waals surface area contributed by atoms with Crippen LogP contribution in [0.3, 0.4) is 0 Å². The van der Waals surface area contributed by atoms with Crippen LogP contribution in [0.1, 0.15) is 113 Å². The minimum absolute atomic E-state index is 0.00668. The summed E-state index contributed by atoms with van der Waals surface area (Å²) in [5, 5.41) is 1.24. The second-order valence-electron chi connectivity index (χ2n) is 22.0. The number of likely N-dealkylation sites (tertiary alicyclic amines) is 1. The van der Waals surface area contributed by atoms with Gasteiger partial charge in [0.15, 0.2) is 17.3 Å². The zero-order chi connectivity index (χ0) is 58.7. The zero-order valence-corrected chi connectivity index (χ0v) is 50.5. The maximum absolute atomic E-state index is 14.2. The number of benzene rings is 5. The highest BCUT2D eigenvalue weighted by Gasteiger charge is 2.41. The molecule has 5 aromatic rings. The molecule has 0 saturated carbocycles. The van der Waals surface area contributed by atoms with Gasteiger partial charge in [0.25, 0.3) is 21.9 Å². The molecular formula is C62H67N5O12S4. The Labute approximate surface area is 496 Å². The molecule has 83 heavy (non-hydrogen) atoms. The lowest BCUT2D eigenvalue weighted by Crippen LogP contribution is -2.37. The predicted octanol–water partition coefficient (Wildman–Crippen LogP) is 10.4. The maximum Gasteiger partial charge on any atom is 0.277 e. The standard InChI is InChI=1S/C62H67N5O12S4/c1-37-24-47-48(63-34-45-29-42-13-8-10-15-50(42)67(45)60(47)72)32-52(37)78-35-38-25-39(36-79-54-30-40-17-18-44-28-41-12-7-9-14-49(41)66(44)59(71)46(40)31-53(54)76-4)27-43(26-38)64-57(69)19-21-62(2,3)82-81-23-20-56(83(74,75)77-5)51(68)16-11-22-65-58(70)33-55(80-6)61(65)73/h7-10,12-15,24-27,30-32,34,44-45,55-56H,11,16-23,28-29,33,35-36H2,1-6H3,(H,64,69)/t44-,45+,55?,56?/m1/s1. The molecule has 5 aliphatic rings. The number of rotatable bonds is 24. The van der Waals surface area contributed by atoms with Gasteiger partial charge in [0.1, 0.15) is 24.2 Å². The number of anilines is 3. The first-order valence-electron chi connectivity index (χ1n) is 27.8. The van der Waals surface area contributed by atoms with E-state index >= 15 is 0 Å². The number of fused-ring (bicyclic) bond motifs is 8. The van der Waals surface area contributed by atoms with Gasteiger partial charge in [-0.3, -0.25) is 47.7 Å². The number of nitrogens with one attached hydrogen (secondary N) is 1. The molecule has 5 amide bonds. The molecule has 0 aliphatic carbocycles. The number of carbonyl (C=O) groups is 6. The summed E-state index contributed by atoms with van der Waals surface area (Å²) >= 11 is 1.30. The Balaban J connectivity index is 0.806. The number of ether oxygens (including phenoxy) is 3. The van der Waals surface area contributed by atoms with Crippen molar-refractivity contribution in [2.24, 2.45) is 4.99 Å². The van der Waals surface area contributed by atoms with E-state index in [2.05, 4.69) is 11.4 Å². The van der Waals surface area contributed by atoms with Crippen LogP contribution in [0.4, 0.5) is 22.7 Å². The number of thioether (sulfide) groups is 1. The molecule has 1 N–H and O–H groups in total. The number of ketones is 1. The van der Waals surface area contributed by atoms with Crippen LogP contribution in [0.5, 0.6) is 17.2 Å². The molecule has 0 spiro atoms. The summed E-state index contributed by atoms with van der Waals surface area (Å²) in [5.41, 5.74) is 9.28. The van der Waals surface area contributed by atoms with Gasteiger partial charge in [0, 0.05) is 83.7 Å². The average Bonchev–Trinajstić information content (AvgIpc) is 2.40. The number of methoxy groups -OCH3 is 1. The lowest BCUT2D eigenvalue weighted by atomic mass is 9.99. The van der Waals surface area contributed by atoms with E-state index in [1.807, 2.05) is 110 Å². The van der Waals surface area contributed by atoms with Crippen molar-refractivity contribution in [1.29, 1.82) is 0 Å². The van der Waals surface area contributed by atoms with Crippen molar-refractivity contribution in [2.75, 3.05) is 47.9 Å². The van der Waals surface area contributed by atoms with Gasteiger partial charge in [-0.05, 0) is 147 Å². The third-order valence-corrected chi connectivity index (χ3v) is 21.8. The SMILES string of the molecule is COc1cc2c(cc1OCc1cc(COc3cc4c(cc3C)C(=O)N3c5ccccc5C[C@H]3C=N4)cc(NC(=O)CCC(C)(C)SSCCC(C(=O)CCCN3C(=O)CC(SC)C3=O)S(=O)(=O)OC)c1)CC[C@@H]1Cc3ccccc3N1C2=O. The molecule has 5 aromatic carbocycles. The summed E-state index contributed by atoms with van der Waals surface area (Å²) in [4.78, 5) is 90.1. The number of carbonyl (C=O) groups excluding carboxylic acids is 6. The van der Waals surface area contributed by atoms with Crippen LogP contribution in [0.15, 0.2) is 96.0 Å². The summed E-state index contributed by atoms with van der Waals surface area (Å²) in [6.07, 6.45) is 7.26. The first-order valence-corrected chi connectivity index (χ1v) is 32.8. The highest BCUT2D eigenvalue weighted by molar-refractivity contribution is 8.77. The second-order valence-corrected chi connectivity index (χ2v) is 28.0. The first kappa shape index (κ1) is 59.5. The Morgan fingerprint density at radius 1 is 0.795 bits per heavy atom. The van der Waals surface area contributed by atoms with E-state index in [0.717, 1.165) is 64.0 Å². The van der Waals surface area contributed by atoms with E-state index in [1.165, 1.54) is 38.9 Å². The van der Waals surface area contributed by atoms with Crippen molar-refractivity contribution in [3.63, 3.8) is 0 Å². The van der Waals surface area contributed by atoms with Crippen molar-refractivity contribution in [3.05, 3.63) is 136 Å². The van der Waals surface area contributed by atoms with Crippen LogP contribution in [-0.4, -0.2) is 115 Å². The Kier molecular flexibility index (Phi) is 18.1. The van der Waals surface area contributed by atoms with Gasteiger partial charge in [-0.1, -0.05) is 58.0 Å².